The summed E-state index contributed by atoms with van der Waals surface area (Å²) in [5.74, 6) is 0. The van der Waals surface area contributed by atoms with Gasteiger partial charge in [0.25, 0.3) is 0 Å². The van der Waals surface area contributed by atoms with Gasteiger partial charge in [0.1, 0.15) is 0 Å². The summed E-state index contributed by atoms with van der Waals surface area (Å²) in [4.78, 5) is 0. The van der Waals surface area contributed by atoms with E-state index >= 15 is 0 Å². The van der Waals surface area contributed by atoms with Gasteiger partial charge in [0.2, 0.25) is 0 Å². The van der Waals surface area contributed by atoms with Gasteiger partial charge in [0, 0.05) is 24.7 Å². The van der Waals surface area contributed by atoms with Crippen molar-refractivity contribution in [3.63, 3.8) is 0 Å². The molecular weight excluding hydrogens is 184 g/mol. The second-order valence-corrected chi connectivity index (χ2v) is 5.82. The topological polar surface area (TPSA) is 24.1 Å². The van der Waals surface area contributed by atoms with Crippen molar-refractivity contribution in [3.05, 3.63) is 0 Å². The predicted octanol–water partition coefficient (Wildman–Crippen LogP) is 2.69. The van der Waals surface area contributed by atoms with Gasteiger partial charge in [0.05, 0.1) is 0 Å². The maximum Gasteiger partial charge on any atom is 0.00970 e. The Labute approximate surface area is 95.2 Å². The number of nitrogens with one attached hydrogen (secondary N) is 2. The maximum absolute atomic E-state index is 3.67. The van der Waals surface area contributed by atoms with Crippen molar-refractivity contribution in [1.29, 1.82) is 0 Å². The molecule has 0 aromatic carbocycles. The van der Waals surface area contributed by atoms with Crippen LogP contribution in [-0.4, -0.2) is 24.7 Å². The highest BCUT2D eigenvalue weighted by Crippen LogP contribution is 2.16. The average molecular weight is 212 g/mol. The van der Waals surface area contributed by atoms with Crippen LogP contribution >= 0.6 is 0 Å². The lowest BCUT2D eigenvalue weighted by Crippen LogP contribution is -2.42. The van der Waals surface area contributed by atoms with Crippen LogP contribution < -0.4 is 10.6 Å². The Balaban J connectivity index is 2.03. The summed E-state index contributed by atoms with van der Waals surface area (Å²) in [5, 5.41) is 7.19. The molecule has 0 saturated heterocycles. The van der Waals surface area contributed by atoms with E-state index in [1.807, 2.05) is 0 Å². The Morgan fingerprint density at radius 1 is 0.933 bits per heavy atom. The quantitative estimate of drug-likeness (QED) is 0.553. The van der Waals surface area contributed by atoms with E-state index < -0.39 is 0 Å². The van der Waals surface area contributed by atoms with Gasteiger partial charge >= 0.3 is 0 Å². The summed E-state index contributed by atoms with van der Waals surface area (Å²) < 4.78 is 0. The van der Waals surface area contributed by atoms with Gasteiger partial charge < -0.3 is 10.6 Å². The van der Waals surface area contributed by atoms with E-state index in [4.69, 9.17) is 0 Å². The lowest BCUT2D eigenvalue weighted by molar-refractivity contribution is 0.398. The zero-order valence-corrected chi connectivity index (χ0v) is 10.7. The Kier molecular flexibility index (Phi) is 5.62. The SMILES string of the molecule is CC(C)(C)NCCNC1CCCCCC1. The van der Waals surface area contributed by atoms with Crippen LogP contribution in [0.25, 0.3) is 0 Å². The van der Waals surface area contributed by atoms with Crippen LogP contribution in [0.4, 0.5) is 0 Å². The highest BCUT2D eigenvalue weighted by molar-refractivity contribution is 4.74. The monoisotopic (exact) mass is 212 g/mol. The third-order valence-corrected chi connectivity index (χ3v) is 3.07. The third-order valence-electron chi connectivity index (χ3n) is 3.07. The van der Waals surface area contributed by atoms with Crippen molar-refractivity contribution >= 4 is 0 Å². The van der Waals surface area contributed by atoms with Crippen molar-refractivity contribution in [2.45, 2.75) is 70.9 Å². The van der Waals surface area contributed by atoms with Crippen LogP contribution in [0.1, 0.15) is 59.3 Å². The van der Waals surface area contributed by atoms with Gasteiger partial charge in [-0.25, -0.2) is 0 Å². The molecule has 1 saturated carbocycles. The summed E-state index contributed by atoms with van der Waals surface area (Å²) in [7, 11) is 0. The molecule has 0 spiro atoms. The van der Waals surface area contributed by atoms with E-state index in [-0.39, 0.29) is 5.54 Å². The lowest BCUT2D eigenvalue weighted by Gasteiger charge is -2.22. The molecule has 90 valence electrons. The molecule has 0 amide bonds. The van der Waals surface area contributed by atoms with E-state index in [0.29, 0.717) is 0 Å². The third kappa shape index (κ3) is 6.91. The molecule has 1 aliphatic carbocycles. The van der Waals surface area contributed by atoms with Gasteiger partial charge in [0.15, 0.2) is 0 Å². The normalized spacial score (nSPS) is 20.2. The summed E-state index contributed by atoms with van der Waals surface area (Å²) in [5.41, 5.74) is 0.255. The molecule has 0 aliphatic heterocycles. The standard InChI is InChI=1S/C13H28N2/c1-13(2,3)15-11-10-14-12-8-6-4-5-7-9-12/h12,14-15H,4-11H2,1-3H3. The number of hydrogen-bond acceptors (Lipinski definition) is 2. The minimum Gasteiger partial charge on any atom is -0.313 e. The minimum atomic E-state index is 0.255. The highest BCUT2D eigenvalue weighted by atomic mass is 15.0. The van der Waals surface area contributed by atoms with Crippen LogP contribution in [0.2, 0.25) is 0 Å². The summed E-state index contributed by atoms with van der Waals surface area (Å²) >= 11 is 0. The second-order valence-electron chi connectivity index (χ2n) is 5.82. The summed E-state index contributed by atoms with van der Waals surface area (Å²) in [6.07, 6.45) is 8.50. The minimum absolute atomic E-state index is 0.255. The summed E-state index contributed by atoms with van der Waals surface area (Å²) in [6.45, 7) is 8.86. The van der Waals surface area contributed by atoms with E-state index in [1.165, 1.54) is 38.5 Å². The molecule has 0 aromatic rings. The fourth-order valence-electron chi connectivity index (χ4n) is 2.20. The molecule has 0 heterocycles. The maximum atomic E-state index is 3.67. The highest BCUT2D eigenvalue weighted by Gasteiger charge is 2.12. The van der Waals surface area contributed by atoms with Crippen molar-refractivity contribution in [1.82, 2.24) is 10.6 Å². The molecule has 1 fully saturated rings. The van der Waals surface area contributed by atoms with Crippen molar-refractivity contribution in [3.8, 4) is 0 Å². The van der Waals surface area contributed by atoms with E-state index in [2.05, 4.69) is 31.4 Å². The molecular formula is C13H28N2. The fraction of sp³-hybridized carbons (Fsp3) is 1.00. The lowest BCUT2D eigenvalue weighted by atomic mass is 10.1. The Morgan fingerprint density at radius 3 is 2.07 bits per heavy atom. The molecule has 0 aromatic heterocycles. The van der Waals surface area contributed by atoms with Gasteiger partial charge in [-0.3, -0.25) is 0 Å². The average Bonchev–Trinajstić information content (AvgIpc) is 2.39. The van der Waals surface area contributed by atoms with E-state index in [1.54, 1.807) is 0 Å². The molecule has 0 radical (unpaired) electrons. The van der Waals surface area contributed by atoms with Crippen molar-refractivity contribution in [2.24, 2.45) is 0 Å². The molecule has 0 atom stereocenters. The van der Waals surface area contributed by atoms with Gasteiger partial charge in [-0.05, 0) is 33.6 Å². The van der Waals surface area contributed by atoms with Crippen molar-refractivity contribution < 1.29 is 0 Å². The van der Waals surface area contributed by atoms with Gasteiger partial charge in [-0.1, -0.05) is 25.7 Å². The van der Waals surface area contributed by atoms with Gasteiger partial charge in [-0.15, -0.1) is 0 Å². The number of rotatable bonds is 4. The fourth-order valence-corrected chi connectivity index (χ4v) is 2.20. The largest absolute Gasteiger partial charge is 0.313 e. The molecule has 0 unspecified atom stereocenters. The van der Waals surface area contributed by atoms with E-state index in [9.17, 15) is 0 Å². The number of hydrogen-bond donors (Lipinski definition) is 2. The van der Waals surface area contributed by atoms with Crippen LogP contribution in [0.15, 0.2) is 0 Å². The first-order valence-electron chi connectivity index (χ1n) is 6.56. The zero-order valence-electron chi connectivity index (χ0n) is 10.7. The zero-order chi connectivity index (χ0) is 11.1. The molecule has 2 N–H and O–H groups in total. The van der Waals surface area contributed by atoms with E-state index in [0.717, 1.165) is 19.1 Å². The van der Waals surface area contributed by atoms with Crippen LogP contribution in [0.3, 0.4) is 0 Å². The Bertz CT molecular complexity index is 152. The second kappa shape index (κ2) is 6.49. The molecule has 2 nitrogen and oxygen atoms in total. The van der Waals surface area contributed by atoms with Crippen molar-refractivity contribution in [2.75, 3.05) is 13.1 Å². The van der Waals surface area contributed by atoms with Crippen LogP contribution in [-0.2, 0) is 0 Å². The van der Waals surface area contributed by atoms with Crippen LogP contribution in [0.5, 0.6) is 0 Å². The summed E-state index contributed by atoms with van der Waals surface area (Å²) in [6, 6.07) is 0.786. The van der Waals surface area contributed by atoms with Gasteiger partial charge in [-0.2, -0.15) is 0 Å². The predicted molar refractivity (Wildman–Crippen MR) is 67.2 cm³/mol. The molecule has 0 bridgehead atoms. The molecule has 15 heavy (non-hydrogen) atoms. The Hall–Kier alpha value is -0.0800. The molecule has 1 rings (SSSR count). The molecule has 1 aliphatic rings. The first kappa shape index (κ1) is 13.0. The van der Waals surface area contributed by atoms with Crippen LogP contribution in [0, 0.1) is 0 Å². The first-order chi connectivity index (χ1) is 7.08. The smallest absolute Gasteiger partial charge is 0.00970 e. The molecule has 2 heteroatoms. The first-order valence-corrected chi connectivity index (χ1v) is 6.56. The Morgan fingerprint density at radius 2 is 1.53 bits per heavy atom.